The predicted octanol–water partition coefficient (Wildman–Crippen LogP) is 1.52. The summed E-state index contributed by atoms with van der Waals surface area (Å²) in [6.07, 6.45) is 6.18. The molecule has 2 aliphatic heterocycles. The number of aromatic nitrogens is 4. The molecule has 1 spiro atoms. The van der Waals surface area contributed by atoms with Gasteiger partial charge in [-0.1, -0.05) is 0 Å². The molecular weight excluding hydrogens is 346 g/mol. The molecule has 2 saturated heterocycles. The van der Waals surface area contributed by atoms with Crippen LogP contribution in [0.15, 0.2) is 6.33 Å². The minimum Gasteiger partial charge on any atom is -0.381 e. The molecule has 1 atom stereocenters. The first-order valence-corrected chi connectivity index (χ1v) is 9.73. The lowest BCUT2D eigenvalue weighted by molar-refractivity contribution is -0.144. The monoisotopic (exact) mass is 373 g/mol. The third kappa shape index (κ3) is 3.82. The Morgan fingerprint density at radius 2 is 2.15 bits per heavy atom. The number of fused-ring (bicyclic) bond motifs is 1. The third-order valence-corrected chi connectivity index (χ3v) is 5.85. The second-order valence-electron chi connectivity index (χ2n) is 7.63. The first-order valence-electron chi connectivity index (χ1n) is 9.73. The van der Waals surface area contributed by atoms with Gasteiger partial charge in [-0.05, 0) is 51.5 Å². The van der Waals surface area contributed by atoms with Crippen LogP contribution in [0.3, 0.4) is 0 Å². The van der Waals surface area contributed by atoms with Gasteiger partial charge in [0.25, 0.3) is 5.78 Å². The summed E-state index contributed by atoms with van der Waals surface area (Å²) >= 11 is 0. The van der Waals surface area contributed by atoms with E-state index in [4.69, 9.17) is 9.47 Å². The Morgan fingerprint density at radius 1 is 1.33 bits per heavy atom. The molecular formula is C19H27N5O3. The highest BCUT2D eigenvalue weighted by molar-refractivity contribution is 5.76. The van der Waals surface area contributed by atoms with Crippen molar-refractivity contribution in [2.75, 3.05) is 19.8 Å². The molecule has 4 rings (SSSR count). The van der Waals surface area contributed by atoms with Crippen LogP contribution < -0.4 is 5.32 Å². The van der Waals surface area contributed by atoms with Crippen molar-refractivity contribution in [3.05, 3.63) is 23.3 Å². The average Bonchev–Trinajstić information content (AvgIpc) is 3.11. The molecule has 2 aliphatic rings. The minimum absolute atomic E-state index is 0.0848. The van der Waals surface area contributed by atoms with Crippen LogP contribution in [0, 0.1) is 13.8 Å². The number of amides is 1. The van der Waals surface area contributed by atoms with Gasteiger partial charge in [0.1, 0.15) is 6.33 Å². The molecule has 1 amide bonds. The number of ether oxygens (including phenoxy) is 2. The van der Waals surface area contributed by atoms with E-state index in [0.29, 0.717) is 25.2 Å². The summed E-state index contributed by atoms with van der Waals surface area (Å²) in [4.78, 5) is 21.2. The Kier molecular flexibility index (Phi) is 5.10. The van der Waals surface area contributed by atoms with Gasteiger partial charge < -0.3 is 14.8 Å². The second kappa shape index (κ2) is 7.52. The van der Waals surface area contributed by atoms with Crippen molar-refractivity contribution in [1.82, 2.24) is 24.9 Å². The molecule has 1 N–H and O–H groups in total. The molecule has 8 heteroatoms. The molecule has 0 bridgehead atoms. The van der Waals surface area contributed by atoms with Crippen LogP contribution >= 0.6 is 0 Å². The van der Waals surface area contributed by atoms with E-state index in [2.05, 4.69) is 20.4 Å². The highest BCUT2D eigenvalue weighted by Gasteiger charge is 2.39. The van der Waals surface area contributed by atoms with Gasteiger partial charge >= 0.3 is 0 Å². The van der Waals surface area contributed by atoms with E-state index in [9.17, 15) is 4.79 Å². The van der Waals surface area contributed by atoms with Gasteiger partial charge in [0, 0.05) is 43.7 Å². The van der Waals surface area contributed by atoms with Crippen LogP contribution in [0.1, 0.15) is 49.1 Å². The van der Waals surface area contributed by atoms with Crippen molar-refractivity contribution in [3.8, 4) is 0 Å². The number of nitrogens with one attached hydrogen (secondary N) is 1. The van der Waals surface area contributed by atoms with Gasteiger partial charge in [0.15, 0.2) is 0 Å². The number of nitrogens with zero attached hydrogens (tertiary/aromatic N) is 4. The number of hydrogen-bond donors (Lipinski definition) is 1. The van der Waals surface area contributed by atoms with Crippen LogP contribution in [0.25, 0.3) is 5.78 Å². The maximum absolute atomic E-state index is 12.6. The van der Waals surface area contributed by atoms with E-state index in [-0.39, 0.29) is 17.6 Å². The molecule has 0 unspecified atom stereocenters. The van der Waals surface area contributed by atoms with E-state index in [1.807, 2.05) is 13.8 Å². The molecule has 8 nitrogen and oxygen atoms in total. The zero-order valence-electron chi connectivity index (χ0n) is 16.0. The highest BCUT2D eigenvalue weighted by Crippen LogP contribution is 2.34. The highest BCUT2D eigenvalue weighted by atomic mass is 16.5. The fraction of sp³-hybridized carbons (Fsp3) is 0.684. The summed E-state index contributed by atoms with van der Waals surface area (Å²) in [6.45, 7) is 6.16. The quantitative estimate of drug-likeness (QED) is 0.874. The molecule has 0 aliphatic carbocycles. The van der Waals surface area contributed by atoms with E-state index in [1.54, 1.807) is 4.52 Å². The van der Waals surface area contributed by atoms with Crippen molar-refractivity contribution >= 4 is 11.7 Å². The minimum atomic E-state index is -0.107. The number of hydrogen-bond acceptors (Lipinski definition) is 6. The summed E-state index contributed by atoms with van der Waals surface area (Å²) in [5.74, 6) is 0.684. The maximum Gasteiger partial charge on any atom is 0.252 e. The largest absolute Gasteiger partial charge is 0.381 e. The summed E-state index contributed by atoms with van der Waals surface area (Å²) in [5.41, 5.74) is 2.86. The number of carbonyl (C=O) groups excluding carboxylic acids is 1. The Morgan fingerprint density at radius 3 is 2.96 bits per heavy atom. The normalized spacial score (nSPS) is 22.2. The van der Waals surface area contributed by atoms with E-state index >= 15 is 0 Å². The lowest BCUT2D eigenvalue weighted by Gasteiger charge is -2.43. The summed E-state index contributed by atoms with van der Waals surface area (Å²) in [5, 5.41) is 7.42. The summed E-state index contributed by atoms with van der Waals surface area (Å²) < 4.78 is 13.2. The van der Waals surface area contributed by atoms with Crippen molar-refractivity contribution in [1.29, 1.82) is 0 Å². The molecule has 0 aromatic carbocycles. The fourth-order valence-corrected chi connectivity index (χ4v) is 4.30. The number of carbonyl (C=O) groups is 1. The smallest absolute Gasteiger partial charge is 0.252 e. The zero-order valence-corrected chi connectivity index (χ0v) is 16.0. The van der Waals surface area contributed by atoms with E-state index in [0.717, 1.165) is 55.8 Å². The van der Waals surface area contributed by atoms with Crippen LogP contribution in [0.2, 0.25) is 0 Å². The van der Waals surface area contributed by atoms with Gasteiger partial charge in [0.05, 0.1) is 5.60 Å². The lowest BCUT2D eigenvalue weighted by atomic mass is 9.84. The number of aryl methyl sites for hydroxylation is 2. The maximum atomic E-state index is 12.6. The van der Waals surface area contributed by atoms with Crippen LogP contribution in [0.5, 0.6) is 0 Å². The van der Waals surface area contributed by atoms with Crippen LogP contribution in [-0.4, -0.2) is 57.0 Å². The first-order chi connectivity index (χ1) is 13.1. The molecule has 2 aromatic rings. The van der Waals surface area contributed by atoms with E-state index in [1.165, 1.54) is 6.33 Å². The van der Waals surface area contributed by atoms with Crippen molar-refractivity contribution in [2.24, 2.45) is 0 Å². The van der Waals surface area contributed by atoms with Crippen LogP contribution in [0.4, 0.5) is 0 Å². The van der Waals surface area contributed by atoms with Gasteiger partial charge in [-0.15, -0.1) is 0 Å². The number of rotatable bonds is 4. The third-order valence-electron chi connectivity index (χ3n) is 5.85. The average molecular weight is 373 g/mol. The van der Waals surface area contributed by atoms with Crippen LogP contribution in [-0.2, 0) is 20.7 Å². The summed E-state index contributed by atoms with van der Waals surface area (Å²) in [7, 11) is 0. The van der Waals surface area contributed by atoms with Crippen molar-refractivity contribution in [3.63, 3.8) is 0 Å². The fourth-order valence-electron chi connectivity index (χ4n) is 4.30. The van der Waals surface area contributed by atoms with Crippen molar-refractivity contribution in [2.45, 2.75) is 64.0 Å². The standard InChI is InChI=1S/C19H27N5O3/c1-13-16(14(2)24-18(22-13)20-12-21-24)3-4-17(25)23-15-5-8-27-19(11-15)6-9-26-10-7-19/h12,15H,3-11H2,1-2H3,(H,23,25)/t15-/m0/s1. The van der Waals surface area contributed by atoms with Gasteiger partial charge in [-0.25, -0.2) is 9.50 Å². The van der Waals surface area contributed by atoms with Gasteiger partial charge in [-0.3, -0.25) is 4.79 Å². The molecule has 146 valence electrons. The van der Waals surface area contributed by atoms with Crippen molar-refractivity contribution < 1.29 is 14.3 Å². The van der Waals surface area contributed by atoms with E-state index < -0.39 is 0 Å². The Labute approximate surface area is 158 Å². The molecule has 0 radical (unpaired) electrons. The summed E-state index contributed by atoms with van der Waals surface area (Å²) in [6, 6.07) is 0.183. The molecule has 2 aromatic heterocycles. The Hall–Kier alpha value is -2.06. The molecule has 2 fully saturated rings. The topological polar surface area (TPSA) is 90.6 Å². The Bertz CT molecular complexity index is 823. The first kappa shape index (κ1) is 18.3. The van der Waals surface area contributed by atoms with Gasteiger partial charge in [0.2, 0.25) is 5.91 Å². The lowest BCUT2D eigenvalue weighted by Crippen LogP contribution is -2.51. The Balaban J connectivity index is 1.36. The molecule has 4 heterocycles. The SMILES string of the molecule is Cc1nc2ncnn2c(C)c1CCC(=O)N[C@H]1CCOC2(CCOCC2)C1. The molecule has 27 heavy (non-hydrogen) atoms. The predicted molar refractivity (Wildman–Crippen MR) is 98.5 cm³/mol. The second-order valence-corrected chi connectivity index (χ2v) is 7.63. The van der Waals surface area contributed by atoms with Gasteiger partial charge in [-0.2, -0.15) is 10.1 Å². The molecule has 0 saturated carbocycles. The zero-order chi connectivity index (χ0) is 18.9.